The monoisotopic (exact) mass is 432 g/mol. The molecule has 1 aromatic heterocycles. The van der Waals surface area contributed by atoms with Crippen molar-refractivity contribution in [3.63, 3.8) is 0 Å². The van der Waals surface area contributed by atoms with E-state index in [1.54, 1.807) is 0 Å². The molecule has 1 amide bonds. The number of H-pyrrole nitrogens is 1. The summed E-state index contributed by atoms with van der Waals surface area (Å²) in [6.45, 7) is 15.3. The van der Waals surface area contributed by atoms with Crippen molar-refractivity contribution >= 4 is 17.1 Å². The molecule has 1 N–H and O–H groups in total. The van der Waals surface area contributed by atoms with Crippen LogP contribution in [0.25, 0.3) is 11.0 Å². The Labute approximate surface area is 186 Å². The molecule has 0 radical (unpaired) electrons. The summed E-state index contributed by atoms with van der Waals surface area (Å²) in [5.41, 5.74) is 3.02. The number of benzene rings is 1. The molecule has 0 saturated carbocycles. The summed E-state index contributed by atoms with van der Waals surface area (Å²) in [6, 6.07) is 6.35. The van der Waals surface area contributed by atoms with Gasteiger partial charge >= 0.3 is 11.8 Å². The molecule has 2 saturated heterocycles. The van der Waals surface area contributed by atoms with Gasteiger partial charge in [0.05, 0.1) is 17.1 Å². The van der Waals surface area contributed by atoms with Gasteiger partial charge in [0.25, 0.3) is 0 Å². The molecule has 7 nitrogen and oxygen atoms in total. The molecule has 174 valence electrons. The van der Waals surface area contributed by atoms with Gasteiger partial charge in [-0.3, -0.25) is 9.47 Å². The minimum absolute atomic E-state index is 0. The van der Waals surface area contributed by atoms with E-state index in [2.05, 4.69) is 22.9 Å². The van der Waals surface area contributed by atoms with E-state index in [9.17, 15) is 9.59 Å². The van der Waals surface area contributed by atoms with Gasteiger partial charge in [-0.1, -0.05) is 19.9 Å². The van der Waals surface area contributed by atoms with Crippen LogP contribution in [-0.4, -0.2) is 63.3 Å². The third-order valence-electron chi connectivity index (χ3n) is 6.51. The Morgan fingerprint density at radius 1 is 1.23 bits per heavy atom. The molecule has 0 bridgehead atoms. The Balaban J connectivity index is 0.00000118. The standard InChI is InChI=1S/C22H32N4O3.C2H6.H2/c1-15(2)29-21(28)24-12-9-22(4,14-24)25-10-7-17(8-11-25)26-19-6-5-16(3)13-18(19)23-20(26)27;1-2;/h5-6,13,15,17H,7-12,14H2,1-4H3,(H,23,27);1-2H3;1H. The highest BCUT2D eigenvalue weighted by atomic mass is 16.6. The number of amides is 1. The number of imidazole rings is 1. The average Bonchev–Trinajstić information content (AvgIpc) is 3.29. The molecule has 4 rings (SSSR count). The molecule has 1 unspecified atom stereocenters. The summed E-state index contributed by atoms with van der Waals surface area (Å²) in [7, 11) is 0. The molecule has 3 heterocycles. The van der Waals surface area contributed by atoms with Crippen molar-refractivity contribution in [1.82, 2.24) is 19.4 Å². The first-order valence-electron chi connectivity index (χ1n) is 11.7. The topological polar surface area (TPSA) is 70.6 Å². The van der Waals surface area contributed by atoms with Crippen molar-refractivity contribution in [2.24, 2.45) is 0 Å². The lowest BCUT2D eigenvalue weighted by molar-refractivity contribution is 0.0562. The van der Waals surface area contributed by atoms with Crippen molar-refractivity contribution in [1.29, 1.82) is 0 Å². The lowest BCUT2D eigenvalue weighted by Gasteiger charge is -2.43. The Kier molecular flexibility index (Phi) is 7.14. The summed E-state index contributed by atoms with van der Waals surface area (Å²) >= 11 is 0. The first-order chi connectivity index (χ1) is 14.8. The van der Waals surface area contributed by atoms with Crippen LogP contribution in [0.2, 0.25) is 0 Å². The molecule has 1 atom stereocenters. The number of hydrogen-bond acceptors (Lipinski definition) is 4. The lowest BCUT2D eigenvalue weighted by Crippen LogP contribution is -2.52. The zero-order chi connectivity index (χ0) is 22.8. The van der Waals surface area contributed by atoms with Gasteiger partial charge in [-0.25, -0.2) is 9.59 Å². The number of ether oxygens (including phenoxy) is 1. The number of hydrogen-bond donors (Lipinski definition) is 1. The van der Waals surface area contributed by atoms with Crippen molar-refractivity contribution in [3.05, 3.63) is 34.2 Å². The van der Waals surface area contributed by atoms with Crippen molar-refractivity contribution < 1.29 is 11.0 Å². The van der Waals surface area contributed by atoms with E-state index in [-0.39, 0.29) is 30.9 Å². The summed E-state index contributed by atoms with van der Waals surface area (Å²) in [5, 5.41) is 0. The third-order valence-corrected chi connectivity index (χ3v) is 6.51. The van der Waals surface area contributed by atoms with Gasteiger partial charge in [0.1, 0.15) is 0 Å². The molecule has 0 aliphatic carbocycles. The number of nitrogens with one attached hydrogen (secondary N) is 1. The van der Waals surface area contributed by atoms with Crippen LogP contribution in [0.5, 0.6) is 0 Å². The van der Waals surface area contributed by atoms with Gasteiger partial charge in [-0.2, -0.15) is 0 Å². The van der Waals surface area contributed by atoms with Crippen LogP contribution in [0.15, 0.2) is 23.0 Å². The highest BCUT2D eigenvalue weighted by Crippen LogP contribution is 2.34. The number of aromatic amines is 1. The fourth-order valence-corrected chi connectivity index (χ4v) is 4.91. The van der Waals surface area contributed by atoms with Gasteiger partial charge < -0.3 is 14.6 Å². The van der Waals surface area contributed by atoms with Gasteiger partial charge in [0.15, 0.2) is 0 Å². The molecule has 2 aliphatic heterocycles. The molecular formula is C24H40N4O3. The normalized spacial score (nSPS) is 22.6. The highest BCUT2D eigenvalue weighted by molar-refractivity contribution is 5.76. The summed E-state index contributed by atoms with van der Waals surface area (Å²) in [5.74, 6) is 0. The number of likely N-dealkylation sites (tertiary alicyclic amines) is 2. The van der Waals surface area contributed by atoms with E-state index < -0.39 is 0 Å². The van der Waals surface area contributed by atoms with E-state index in [1.807, 2.05) is 56.2 Å². The van der Waals surface area contributed by atoms with Gasteiger partial charge in [-0.15, -0.1) is 0 Å². The minimum atomic E-state index is -0.209. The molecule has 0 spiro atoms. The van der Waals surface area contributed by atoms with Gasteiger partial charge in [-0.05, 0) is 64.7 Å². The second kappa shape index (κ2) is 9.47. The van der Waals surface area contributed by atoms with E-state index in [1.165, 1.54) is 0 Å². The van der Waals surface area contributed by atoms with Crippen LogP contribution in [0, 0.1) is 6.92 Å². The largest absolute Gasteiger partial charge is 0.447 e. The van der Waals surface area contributed by atoms with Crippen LogP contribution in [-0.2, 0) is 4.74 Å². The molecule has 31 heavy (non-hydrogen) atoms. The molecule has 2 aromatic rings. The van der Waals surface area contributed by atoms with E-state index >= 15 is 0 Å². The predicted octanol–water partition coefficient (Wildman–Crippen LogP) is 4.56. The summed E-state index contributed by atoms with van der Waals surface area (Å²) < 4.78 is 7.31. The van der Waals surface area contributed by atoms with Crippen LogP contribution in [0.4, 0.5) is 4.79 Å². The van der Waals surface area contributed by atoms with Crippen molar-refractivity contribution in [3.8, 4) is 0 Å². The van der Waals surface area contributed by atoms with Crippen LogP contribution < -0.4 is 5.69 Å². The van der Waals surface area contributed by atoms with Gasteiger partial charge in [0.2, 0.25) is 0 Å². The number of fused-ring (bicyclic) bond motifs is 1. The lowest BCUT2D eigenvalue weighted by atomic mass is 9.93. The van der Waals surface area contributed by atoms with Crippen LogP contribution >= 0.6 is 0 Å². The molecule has 1 aromatic carbocycles. The highest BCUT2D eigenvalue weighted by Gasteiger charge is 2.42. The van der Waals surface area contributed by atoms with Crippen LogP contribution in [0.1, 0.15) is 66.9 Å². The van der Waals surface area contributed by atoms with Crippen LogP contribution in [0.3, 0.4) is 0 Å². The molecule has 2 aliphatic rings. The fourth-order valence-electron chi connectivity index (χ4n) is 4.91. The first kappa shape index (κ1) is 23.4. The number of carbonyl (C=O) groups excluding carboxylic acids is 1. The zero-order valence-corrected chi connectivity index (χ0v) is 19.9. The smallest absolute Gasteiger partial charge is 0.410 e. The van der Waals surface area contributed by atoms with Crippen molar-refractivity contribution in [2.45, 2.75) is 78.5 Å². The first-order valence-corrected chi connectivity index (χ1v) is 11.7. The number of piperidine rings is 1. The number of rotatable bonds is 3. The Morgan fingerprint density at radius 3 is 2.55 bits per heavy atom. The zero-order valence-electron chi connectivity index (χ0n) is 19.9. The molecular weight excluding hydrogens is 392 g/mol. The molecule has 2 fully saturated rings. The fraction of sp³-hybridized carbons (Fsp3) is 0.667. The third kappa shape index (κ3) is 4.81. The summed E-state index contributed by atoms with van der Waals surface area (Å²) in [4.78, 5) is 32.2. The van der Waals surface area contributed by atoms with Gasteiger partial charge in [0, 0.05) is 39.2 Å². The summed E-state index contributed by atoms with van der Waals surface area (Å²) in [6.07, 6.45) is 2.53. The second-order valence-corrected chi connectivity index (χ2v) is 9.14. The number of aromatic nitrogens is 2. The Bertz CT molecular complexity index is 962. The second-order valence-electron chi connectivity index (χ2n) is 9.14. The van der Waals surface area contributed by atoms with E-state index in [0.717, 1.165) is 55.5 Å². The quantitative estimate of drug-likeness (QED) is 0.772. The predicted molar refractivity (Wildman–Crippen MR) is 127 cm³/mol. The minimum Gasteiger partial charge on any atom is -0.447 e. The molecule has 7 heteroatoms. The number of aryl methyl sites for hydroxylation is 1. The van der Waals surface area contributed by atoms with E-state index in [4.69, 9.17) is 4.74 Å². The SMILES string of the molecule is CC.Cc1ccc2c(c1)[nH]c(=O)n2C1CCN(C2(C)CCN(C(=O)OC(C)C)C2)CC1.[HH]. The van der Waals surface area contributed by atoms with E-state index in [0.29, 0.717) is 6.54 Å². The Morgan fingerprint density at radius 2 is 1.90 bits per heavy atom. The number of nitrogens with zero attached hydrogens (tertiary/aromatic N) is 3. The van der Waals surface area contributed by atoms with Crippen molar-refractivity contribution in [2.75, 3.05) is 26.2 Å². The number of carbonyl (C=O) groups is 1. The average molecular weight is 433 g/mol. The maximum atomic E-state index is 12.6. The Hall–Kier alpha value is -2.28. The maximum Gasteiger partial charge on any atom is 0.410 e. The maximum absolute atomic E-state index is 12.6.